The van der Waals surface area contributed by atoms with E-state index >= 15 is 0 Å². The van der Waals surface area contributed by atoms with Crippen LogP contribution in [0.25, 0.3) is 0 Å². The minimum atomic E-state index is 0.0280. The number of hydrogen-bond acceptors (Lipinski definition) is 3. The topological polar surface area (TPSA) is 49.9 Å². The van der Waals surface area contributed by atoms with Gasteiger partial charge in [0.25, 0.3) is 0 Å². The van der Waals surface area contributed by atoms with Crippen molar-refractivity contribution in [1.29, 1.82) is 0 Å². The van der Waals surface area contributed by atoms with Gasteiger partial charge in [-0.2, -0.15) is 0 Å². The van der Waals surface area contributed by atoms with Crippen LogP contribution in [-0.2, 0) is 9.59 Å². The predicted octanol–water partition coefficient (Wildman–Crippen LogP) is 3.25. The van der Waals surface area contributed by atoms with E-state index in [2.05, 4.69) is 17.0 Å². The van der Waals surface area contributed by atoms with Crippen LogP contribution in [0.1, 0.15) is 51.1 Å². The Kier molecular flexibility index (Phi) is 5.84. The van der Waals surface area contributed by atoms with Crippen molar-refractivity contribution in [3.63, 3.8) is 0 Å². The van der Waals surface area contributed by atoms with Gasteiger partial charge in [0.1, 0.15) is 5.75 Å². The van der Waals surface area contributed by atoms with Crippen molar-refractivity contribution >= 4 is 11.8 Å². The first-order valence-corrected chi connectivity index (χ1v) is 9.74. The fourth-order valence-corrected chi connectivity index (χ4v) is 4.15. The number of carbonyl (C=O) groups is 2. The smallest absolute Gasteiger partial charge is 0.226 e. The molecule has 2 heterocycles. The van der Waals surface area contributed by atoms with Gasteiger partial charge >= 0.3 is 0 Å². The maximum atomic E-state index is 13.1. The highest BCUT2D eigenvalue weighted by Gasteiger charge is 2.36. The summed E-state index contributed by atoms with van der Waals surface area (Å²) < 4.78 is 5.23. The van der Waals surface area contributed by atoms with E-state index in [1.807, 2.05) is 30.9 Å². The molecule has 0 aromatic heterocycles. The van der Waals surface area contributed by atoms with Crippen molar-refractivity contribution in [2.24, 2.45) is 11.8 Å². The van der Waals surface area contributed by atoms with Crippen LogP contribution in [0.4, 0.5) is 0 Å². The molecule has 2 aliphatic rings. The molecule has 26 heavy (non-hydrogen) atoms. The normalized spacial score (nSPS) is 21.3. The molecular weight excluding hydrogens is 328 g/mol. The molecule has 2 amide bonds. The Morgan fingerprint density at radius 2 is 1.69 bits per heavy atom. The summed E-state index contributed by atoms with van der Waals surface area (Å²) in [4.78, 5) is 29.2. The fraction of sp³-hybridized carbons (Fsp3) is 0.619. The van der Waals surface area contributed by atoms with Gasteiger partial charge in [0.05, 0.1) is 13.2 Å². The molecule has 1 unspecified atom stereocenters. The van der Waals surface area contributed by atoms with Gasteiger partial charge < -0.3 is 14.5 Å². The number of benzene rings is 1. The zero-order valence-electron chi connectivity index (χ0n) is 16.1. The molecule has 0 spiro atoms. The number of rotatable bonds is 4. The minimum absolute atomic E-state index is 0.0280. The second kappa shape index (κ2) is 8.11. The van der Waals surface area contributed by atoms with Crippen LogP contribution in [-0.4, -0.2) is 48.4 Å². The first kappa shape index (κ1) is 18.7. The summed E-state index contributed by atoms with van der Waals surface area (Å²) in [6, 6.07) is 8.24. The van der Waals surface area contributed by atoms with Gasteiger partial charge in [-0.15, -0.1) is 0 Å². The van der Waals surface area contributed by atoms with Gasteiger partial charge in [-0.1, -0.05) is 26.0 Å². The number of amides is 2. The van der Waals surface area contributed by atoms with Crippen LogP contribution in [0.2, 0.25) is 0 Å². The van der Waals surface area contributed by atoms with Crippen molar-refractivity contribution in [2.75, 3.05) is 26.7 Å². The van der Waals surface area contributed by atoms with Gasteiger partial charge in [0, 0.05) is 31.5 Å². The van der Waals surface area contributed by atoms with Crippen LogP contribution in [0.15, 0.2) is 24.3 Å². The Balaban J connectivity index is 1.62. The Labute approximate surface area is 156 Å². The van der Waals surface area contributed by atoms with Gasteiger partial charge in [0.15, 0.2) is 0 Å². The Morgan fingerprint density at radius 1 is 1.04 bits per heavy atom. The molecule has 1 aromatic carbocycles. The average Bonchev–Trinajstić information content (AvgIpc) is 3.16. The third-order valence-corrected chi connectivity index (χ3v) is 5.69. The van der Waals surface area contributed by atoms with E-state index in [0.717, 1.165) is 38.0 Å². The maximum Gasteiger partial charge on any atom is 0.226 e. The summed E-state index contributed by atoms with van der Waals surface area (Å²) in [5.41, 5.74) is 1.18. The standard InChI is InChI=1S/C21H30N2O3/c1-15(2)20(24)22-13-10-17(11-14-22)21(25)23-12-4-5-19(23)16-6-8-18(26-3)9-7-16/h6-9,15,17,19H,4-5,10-14H2,1-3H3. The van der Waals surface area contributed by atoms with Crippen molar-refractivity contribution in [3.05, 3.63) is 29.8 Å². The lowest BCUT2D eigenvalue weighted by molar-refractivity contribution is -0.142. The van der Waals surface area contributed by atoms with Gasteiger partial charge in [-0.05, 0) is 43.4 Å². The minimum Gasteiger partial charge on any atom is -0.497 e. The van der Waals surface area contributed by atoms with Crippen LogP contribution < -0.4 is 4.74 Å². The van der Waals surface area contributed by atoms with Gasteiger partial charge in [0.2, 0.25) is 11.8 Å². The summed E-state index contributed by atoms with van der Waals surface area (Å²) >= 11 is 0. The van der Waals surface area contributed by atoms with E-state index < -0.39 is 0 Å². The molecule has 5 nitrogen and oxygen atoms in total. The molecule has 0 N–H and O–H groups in total. The van der Waals surface area contributed by atoms with Crippen LogP contribution in [0.5, 0.6) is 5.75 Å². The molecule has 0 radical (unpaired) electrons. The molecule has 0 aliphatic carbocycles. The summed E-state index contributed by atoms with van der Waals surface area (Å²) in [5.74, 6) is 1.38. The second-order valence-electron chi connectivity index (χ2n) is 7.72. The summed E-state index contributed by atoms with van der Waals surface area (Å²) in [6.45, 7) is 6.11. The molecule has 3 rings (SSSR count). The van der Waals surface area contributed by atoms with E-state index in [1.54, 1.807) is 7.11 Å². The number of hydrogen-bond donors (Lipinski definition) is 0. The number of nitrogens with zero attached hydrogens (tertiary/aromatic N) is 2. The van der Waals surface area contributed by atoms with E-state index in [1.165, 1.54) is 5.56 Å². The number of piperidine rings is 1. The third-order valence-electron chi connectivity index (χ3n) is 5.69. The van der Waals surface area contributed by atoms with Gasteiger partial charge in [-0.3, -0.25) is 9.59 Å². The molecule has 1 atom stereocenters. The molecule has 142 valence electrons. The molecule has 2 saturated heterocycles. The zero-order chi connectivity index (χ0) is 18.7. The average molecular weight is 358 g/mol. The fourth-order valence-electron chi connectivity index (χ4n) is 4.15. The highest BCUT2D eigenvalue weighted by atomic mass is 16.5. The number of carbonyl (C=O) groups excluding carboxylic acids is 2. The molecule has 1 aromatic rings. The second-order valence-corrected chi connectivity index (χ2v) is 7.72. The van der Waals surface area contributed by atoms with Crippen LogP contribution in [0, 0.1) is 11.8 Å². The molecule has 2 fully saturated rings. The monoisotopic (exact) mass is 358 g/mol. The van der Waals surface area contributed by atoms with E-state index in [4.69, 9.17) is 4.74 Å². The first-order valence-electron chi connectivity index (χ1n) is 9.74. The molecule has 0 saturated carbocycles. The quantitative estimate of drug-likeness (QED) is 0.830. The number of ether oxygens (including phenoxy) is 1. The lowest BCUT2D eigenvalue weighted by Crippen LogP contribution is -2.45. The van der Waals surface area contributed by atoms with Crippen molar-refractivity contribution in [3.8, 4) is 5.75 Å². The molecular formula is C21H30N2O3. The summed E-state index contributed by atoms with van der Waals surface area (Å²) in [7, 11) is 1.66. The largest absolute Gasteiger partial charge is 0.497 e. The summed E-state index contributed by atoms with van der Waals surface area (Å²) in [6.07, 6.45) is 3.63. The Morgan fingerprint density at radius 3 is 2.27 bits per heavy atom. The first-order chi connectivity index (χ1) is 12.5. The zero-order valence-corrected chi connectivity index (χ0v) is 16.1. The van der Waals surface area contributed by atoms with Crippen molar-refractivity contribution in [1.82, 2.24) is 9.80 Å². The lowest BCUT2D eigenvalue weighted by Gasteiger charge is -2.35. The predicted molar refractivity (Wildman–Crippen MR) is 101 cm³/mol. The molecule has 2 aliphatic heterocycles. The van der Waals surface area contributed by atoms with Gasteiger partial charge in [-0.25, -0.2) is 0 Å². The van der Waals surface area contributed by atoms with Crippen LogP contribution in [0.3, 0.4) is 0 Å². The Bertz CT molecular complexity index is 633. The number of methoxy groups -OCH3 is 1. The molecule has 0 bridgehead atoms. The molecule has 5 heteroatoms. The Hall–Kier alpha value is -2.04. The van der Waals surface area contributed by atoms with Crippen molar-refractivity contribution in [2.45, 2.75) is 45.6 Å². The highest BCUT2D eigenvalue weighted by molar-refractivity contribution is 5.81. The van der Waals surface area contributed by atoms with Crippen molar-refractivity contribution < 1.29 is 14.3 Å². The maximum absolute atomic E-state index is 13.1. The van der Waals surface area contributed by atoms with E-state index in [-0.39, 0.29) is 29.7 Å². The van der Waals surface area contributed by atoms with Crippen LogP contribution >= 0.6 is 0 Å². The number of likely N-dealkylation sites (tertiary alicyclic amines) is 2. The summed E-state index contributed by atoms with van der Waals surface area (Å²) in [5, 5.41) is 0. The highest BCUT2D eigenvalue weighted by Crippen LogP contribution is 2.35. The SMILES string of the molecule is COc1ccc(C2CCCN2C(=O)C2CCN(C(=O)C(C)C)CC2)cc1. The third kappa shape index (κ3) is 3.87. The van der Waals surface area contributed by atoms with E-state index in [9.17, 15) is 9.59 Å². The van der Waals surface area contributed by atoms with E-state index in [0.29, 0.717) is 13.1 Å². The lowest BCUT2D eigenvalue weighted by atomic mass is 9.93.